The van der Waals surface area contributed by atoms with Crippen molar-refractivity contribution in [2.24, 2.45) is 17.6 Å². The number of nitrogens with one attached hydrogen (secondary N) is 1. The summed E-state index contributed by atoms with van der Waals surface area (Å²) in [5, 5.41) is 9.46. The molecule has 1 unspecified atom stereocenters. The van der Waals surface area contributed by atoms with E-state index in [1.165, 1.54) is 12.3 Å². The van der Waals surface area contributed by atoms with Crippen LogP contribution in [0.2, 0.25) is 4.34 Å². The molecule has 4 heterocycles. The van der Waals surface area contributed by atoms with Gasteiger partial charge >= 0.3 is 5.97 Å². The Morgan fingerprint density at radius 3 is 2.18 bits per heavy atom. The first-order valence-corrected chi connectivity index (χ1v) is 20.8. The molecule has 45 heavy (non-hydrogen) atoms. The highest BCUT2D eigenvalue weighted by molar-refractivity contribution is 9.11. The number of unbranched alkanes of at least 4 members (excludes halogenated alkanes) is 1. The first-order chi connectivity index (χ1) is 21.3. The lowest BCUT2D eigenvalue weighted by atomic mass is 9.87. The number of aliphatic carboxylic acids is 1. The molecule has 0 amide bonds. The standard InChI is InChI=1S/C28H40Br2ClN5O6S3/c29-22-17-25(43-26(22)31)45(41,42)36-14-9-20(10-15-36)5-3-4-19-7-12-35(13-8-19)27-23(30)16-21(18-33-27)44(39,40)34-24(28(37)38)6-1-2-11-32/h16-20,24,34H,1-15,32H2,(H,37,38). The van der Waals surface area contributed by atoms with Crippen LogP contribution in [0.1, 0.15) is 64.2 Å². The molecule has 0 aromatic carbocycles. The molecule has 2 aromatic rings. The Morgan fingerprint density at radius 1 is 1.02 bits per heavy atom. The monoisotopic (exact) mass is 831 g/mol. The molecule has 11 nitrogen and oxygen atoms in total. The number of carboxylic acid groups (broad SMARTS) is 1. The molecule has 2 fully saturated rings. The Balaban J connectivity index is 1.20. The Kier molecular flexibility index (Phi) is 13.6. The zero-order valence-electron chi connectivity index (χ0n) is 24.8. The van der Waals surface area contributed by atoms with Gasteiger partial charge < -0.3 is 15.7 Å². The van der Waals surface area contributed by atoms with Crippen molar-refractivity contribution in [1.29, 1.82) is 0 Å². The van der Waals surface area contributed by atoms with Gasteiger partial charge in [-0.1, -0.05) is 37.3 Å². The van der Waals surface area contributed by atoms with Crippen LogP contribution in [0.25, 0.3) is 0 Å². The number of rotatable bonds is 15. The van der Waals surface area contributed by atoms with Crippen LogP contribution >= 0.6 is 54.8 Å². The van der Waals surface area contributed by atoms with Gasteiger partial charge in [-0.05, 0) is 101 Å². The lowest BCUT2D eigenvalue weighted by Crippen LogP contribution is -2.40. The maximum absolute atomic E-state index is 13.0. The Bertz CT molecular complexity index is 1510. The second-order valence-corrected chi connectivity index (χ2v) is 18.9. The first-order valence-electron chi connectivity index (χ1n) is 15.1. The number of sulfonamides is 2. The highest BCUT2D eigenvalue weighted by Gasteiger charge is 2.32. The summed E-state index contributed by atoms with van der Waals surface area (Å²) < 4.78 is 57.5. The minimum absolute atomic E-state index is 0.0921. The van der Waals surface area contributed by atoms with Gasteiger partial charge in [0.15, 0.2) is 0 Å². The van der Waals surface area contributed by atoms with E-state index in [1.807, 2.05) is 0 Å². The normalized spacial score (nSPS) is 18.4. The average molecular weight is 834 g/mol. The Morgan fingerprint density at radius 2 is 1.64 bits per heavy atom. The van der Waals surface area contributed by atoms with E-state index in [0.29, 0.717) is 63.4 Å². The van der Waals surface area contributed by atoms with Gasteiger partial charge in [-0.15, -0.1) is 11.3 Å². The van der Waals surface area contributed by atoms with E-state index < -0.39 is 32.1 Å². The third-order valence-corrected chi connectivity index (χ3v) is 15.4. The van der Waals surface area contributed by atoms with Crippen molar-refractivity contribution in [1.82, 2.24) is 14.0 Å². The second kappa shape index (κ2) is 16.5. The predicted molar refractivity (Wildman–Crippen MR) is 184 cm³/mol. The summed E-state index contributed by atoms with van der Waals surface area (Å²) in [6.07, 6.45) is 9.63. The fraction of sp³-hybridized carbons (Fsp3) is 0.643. The highest BCUT2D eigenvalue weighted by Crippen LogP contribution is 2.37. The van der Waals surface area contributed by atoms with Crippen molar-refractivity contribution >= 4 is 86.6 Å². The smallest absolute Gasteiger partial charge is 0.321 e. The van der Waals surface area contributed by atoms with Crippen molar-refractivity contribution in [3.63, 3.8) is 0 Å². The summed E-state index contributed by atoms with van der Waals surface area (Å²) in [6, 6.07) is 1.82. The third-order valence-electron chi connectivity index (χ3n) is 8.58. The van der Waals surface area contributed by atoms with Crippen LogP contribution in [0, 0.1) is 11.8 Å². The Hall–Kier alpha value is -0.850. The van der Waals surface area contributed by atoms with Gasteiger partial charge in [0.1, 0.15) is 25.3 Å². The summed E-state index contributed by atoms with van der Waals surface area (Å²) in [5.41, 5.74) is 5.47. The number of aromatic nitrogens is 1. The van der Waals surface area contributed by atoms with Crippen molar-refractivity contribution < 1.29 is 26.7 Å². The number of thiophene rings is 1. The van der Waals surface area contributed by atoms with Crippen molar-refractivity contribution in [2.45, 2.75) is 79.4 Å². The van der Waals surface area contributed by atoms with Crippen LogP contribution in [-0.2, 0) is 24.8 Å². The molecule has 2 saturated heterocycles. The van der Waals surface area contributed by atoms with Crippen LogP contribution in [0.4, 0.5) is 5.82 Å². The fourth-order valence-corrected chi connectivity index (χ4v) is 11.8. The molecule has 0 spiro atoms. The number of carbonyl (C=O) groups is 1. The van der Waals surface area contributed by atoms with E-state index in [4.69, 9.17) is 17.3 Å². The minimum atomic E-state index is -4.08. The molecular formula is C28H40Br2ClN5O6S3. The third kappa shape index (κ3) is 9.84. The van der Waals surface area contributed by atoms with E-state index in [9.17, 15) is 26.7 Å². The molecule has 17 heteroatoms. The van der Waals surface area contributed by atoms with E-state index in [-0.39, 0.29) is 15.5 Å². The molecule has 2 aliphatic heterocycles. The van der Waals surface area contributed by atoms with Gasteiger partial charge in [0.05, 0.1) is 4.47 Å². The van der Waals surface area contributed by atoms with Crippen LogP contribution in [0.3, 0.4) is 0 Å². The van der Waals surface area contributed by atoms with Gasteiger partial charge in [-0.3, -0.25) is 4.79 Å². The minimum Gasteiger partial charge on any atom is -0.480 e. The fourth-order valence-electron chi connectivity index (χ4n) is 5.92. The molecular weight excluding hydrogens is 794 g/mol. The van der Waals surface area contributed by atoms with E-state index in [0.717, 1.165) is 69.4 Å². The van der Waals surface area contributed by atoms with Crippen LogP contribution < -0.4 is 15.4 Å². The molecule has 1 atom stereocenters. The summed E-state index contributed by atoms with van der Waals surface area (Å²) in [5.74, 6) is 0.562. The van der Waals surface area contributed by atoms with E-state index >= 15 is 0 Å². The van der Waals surface area contributed by atoms with Gasteiger partial charge in [0.25, 0.3) is 10.0 Å². The molecule has 2 aliphatic rings. The number of halogens is 3. The average Bonchev–Trinajstić information content (AvgIpc) is 3.35. The summed E-state index contributed by atoms with van der Waals surface area (Å²) >= 11 is 13.9. The highest BCUT2D eigenvalue weighted by atomic mass is 79.9. The van der Waals surface area contributed by atoms with Crippen LogP contribution in [-0.4, -0.2) is 76.0 Å². The lowest BCUT2D eigenvalue weighted by Gasteiger charge is -2.34. The number of hydrogen-bond donors (Lipinski definition) is 3. The van der Waals surface area contributed by atoms with E-state index in [2.05, 4.69) is 46.5 Å². The maximum Gasteiger partial charge on any atom is 0.321 e. The molecule has 252 valence electrons. The number of pyridine rings is 1. The molecule has 0 saturated carbocycles. The number of nitrogens with zero attached hydrogens (tertiary/aromatic N) is 3. The zero-order valence-corrected chi connectivity index (χ0v) is 31.2. The number of nitrogens with two attached hydrogens (primary N) is 1. The predicted octanol–water partition coefficient (Wildman–Crippen LogP) is 5.67. The summed E-state index contributed by atoms with van der Waals surface area (Å²) in [6.45, 7) is 3.09. The van der Waals surface area contributed by atoms with Crippen LogP contribution in [0.5, 0.6) is 0 Å². The molecule has 0 aliphatic carbocycles. The quantitative estimate of drug-likeness (QED) is 0.192. The molecule has 0 radical (unpaired) electrons. The number of hydrogen-bond acceptors (Lipinski definition) is 9. The maximum atomic E-state index is 13.0. The van der Waals surface area contributed by atoms with Crippen molar-refractivity contribution in [3.05, 3.63) is 31.6 Å². The van der Waals surface area contributed by atoms with Crippen molar-refractivity contribution in [3.8, 4) is 0 Å². The summed E-state index contributed by atoms with van der Waals surface area (Å²) in [4.78, 5) is 18.1. The van der Waals surface area contributed by atoms with E-state index in [1.54, 1.807) is 10.4 Å². The van der Waals surface area contributed by atoms with Gasteiger partial charge in [-0.2, -0.15) is 9.03 Å². The molecule has 4 rings (SSSR count). The van der Waals surface area contributed by atoms with Crippen LogP contribution in [0.15, 0.2) is 36.4 Å². The van der Waals surface area contributed by atoms with Gasteiger partial charge in [0.2, 0.25) is 10.0 Å². The zero-order chi connectivity index (χ0) is 32.8. The molecule has 4 N–H and O–H groups in total. The number of carboxylic acids is 1. The summed E-state index contributed by atoms with van der Waals surface area (Å²) in [7, 11) is -7.59. The number of anilines is 1. The largest absolute Gasteiger partial charge is 0.480 e. The Labute approximate surface area is 291 Å². The lowest BCUT2D eigenvalue weighted by molar-refractivity contribution is -0.139. The van der Waals surface area contributed by atoms with Crippen molar-refractivity contribution in [2.75, 3.05) is 37.6 Å². The SMILES string of the molecule is NCCCCC(NS(=O)(=O)c1cnc(N2CCC(CCCC3CCN(S(=O)(=O)c4cc(Br)c(Cl)s4)CC3)CC2)c(Br)c1)C(=O)O. The first kappa shape index (κ1) is 37.0. The molecule has 0 bridgehead atoms. The molecule has 2 aromatic heterocycles. The number of piperidine rings is 2. The second-order valence-electron chi connectivity index (χ2n) is 11.7. The topological polar surface area (TPSA) is 163 Å². The van der Waals surface area contributed by atoms with Gasteiger partial charge in [-0.25, -0.2) is 21.8 Å². The van der Waals surface area contributed by atoms with Gasteiger partial charge in [0, 0.05) is 36.8 Å².